The van der Waals surface area contributed by atoms with Crippen LogP contribution in [0.2, 0.25) is 0 Å². The Morgan fingerprint density at radius 1 is 1.29 bits per heavy atom. The van der Waals surface area contributed by atoms with Crippen molar-refractivity contribution in [1.82, 2.24) is 19.7 Å². The van der Waals surface area contributed by atoms with Crippen molar-refractivity contribution in [3.63, 3.8) is 0 Å². The number of amides is 1. The van der Waals surface area contributed by atoms with Crippen molar-refractivity contribution in [1.29, 1.82) is 0 Å². The van der Waals surface area contributed by atoms with E-state index in [2.05, 4.69) is 22.2 Å². The van der Waals surface area contributed by atoms with Gasteiger partial charge in [0.2, 0.25) is 12.7 Å². The molecule has 2 aromatic rings. The first-order valence-electron chi connectivity index (χ1n) is 7.91. The fourth-order valence-corrected chi connectivity index (χ4v) is 4.17. The Kier molecular flexibility index (Phi) is 4.29. The second-order valence-corrected chi connectivity index (χ2v) is 7.05. The molecular weight excluding hydrogens is 328 g/mol. The molecule has 4 rings (SSSR count). The van der Waals surface area contributed by atoms with E-state index in [1.165, 1.54) is 11.9 Å². The Balaban J connectivity index is 1.40. The van der Waals surface area contributed by atoms with Crippen molar-refractivity contribution in [3.05, 3.63) is 36.4 Å². The van der Waals surface area contributed by atoms with Crippen LogP contribution in [0.1, 0.15) is 17.2 Å². The van der Waals surface area contributed by atoms with Crippen molar-refractivity contribution in [2.75, 3.05) is 25.6 Å². The van der Waals surface area contributed by atoms with Crippen molar-refractivity contribution in [2.24, 2.45) is 0 Å². The average Bonchev–Trinajstić information content (AvgIpc) is 3.20. The summed E-state index contributed by atoms with van der Waals surface area (Å²) in [5.41, 5.74) is 1.23. The summed E-state index contributed by atoms with van der Waals surface area (Å²) in [7, 11) is 0. The van der Waals surface area contributed by atoms with E-state index >= 15 is 0 Å². The molecule has 1 unspecified atom stereocenters. The summed E-state index contributed by atoms with van der Waals surface area (Å²) in [5.74, 6) is 2.63. The summed E-state index contributed by atoms with van der Waals surface area (Å²) in [5, 5.41) is 4.36. The van der Waals surface area contributed by atoms with E-state index in [4.69, 9.17) is 9.47 Å². The van der Waals surface area contributed by atoms with Gasteiger partial charge in [-0.1, -0.05) is 6.07 Å². The number of ether oxygens (including phenoxy) is 2. The Morgan fingerprint density at radius 2 is 2.21 bits per heavy atom. The van der Waals surface area contributed by atoms with Crippen molar-refractivity contribution >= 4 is 17.7 Å². The van der Waals surface area contributed by atoms with Crippen LogP contribution in [0.3, 0.4) is 0 Å². The molecule has 0 saturated carbocycles. The topological polar surface area (TPSA) is 69.5 Å². The lowest BCUT2D eigenvalue weighted by atomic mass is 10.1. The molecule has 1 aromatic carbocycles. The maximum atomic E-state index is 12.4. The lowest BCUT2D eigenvalue weighted by Crippen LogP contribution is -2.35. The standard InChI is InChI=1S/C16H18N4O3S/c21-16(8-20-10-17-9-18-20)19-4-3-15(24-6-5-19)12-1-2-13-14(7-12)23-11-22-13/h1-2,7,9-10,15H,3-6,8,11H2. The molecule has 0 spiro atoms. The van der Waals surface area contributed by atoms with Crippen LogP contribution in [-0.4, -0.2) is 51.2 Å². The SMILES string of the molecule is O=C(Cn1cncn1)N1CCSC(c2ccc3c(c2)OCO3)CC1. The lowest BCUT2D eigenvalue weighted by Gasteiger charge is -2.20. The second-order valence-electron chi connectivity index (χ2n) is 5.73. The maximum absolute atomic E-state index is 12.4. The maximum Gasteiger partial charge on any atom is 0.244 e. The number of benzene rings is 1. The van der Waals surface area contributed by atoms with Crippen LogP contribution in [0.25, 0.3) is 0 Å². The van der Waals surface area contributed by atoms with E-state index in [1.807, 2.05) is 22.7 Å². The fraction of sp³-hybridized carbons (Fsp3) is 0.438. The molecule has 24 heavy (non-hydrogen) atoms. The minimum atomic E-state index is 0.0902. The molecule has 0 N–H and O–H groups in total. The first-order valence-corrected chi connectivity index (χ1v) is 8.96. The molecule has 2 aliphatic heterocycles. The molecular formula is C16H18N4O3S. The molecule has 8 heteroatoms. The smallest absolute Gasteiger partial charge is 0.244 e. The van der Waals surface area contributed by atoms with E-state index < -0.39 is 0 Å². The molecule has 126 valence electrons. The highest BCUT2D eigenvalue weighted by atomic mass is 32.2. The third kappa shape index (κ3) is 3.19. The zero-order valence-electron chi connectivity index (χ0n) is 13.1. The second kappa shape index (κ2) is 6.72. The van der Waals surface area contributed by atoms with E-state index in [0.29, 0.717) is 12.0 Å². The van der Waals surface area contributed by atoms with E-state index in [0.717, 1.165) is 36.8 Å². The Bertz CT molecular complexity index is 722. The van der Waals surface area contributed by atoms with Gasteiger partial charge in [-0.15, -0.1) is 0 Å². The van der Waals surface area contributed by atoms with Crippen LogP contribution in [0, 0.1) is 0 Å². The minimum absolute atomic E-state index is 0.0902. The Morgan fingerprint density at radius 3 is 3.08 bits per heavy atom. The van der Waals surface area contributed by atoms with E-state index in [1.54, 1.807) is 11.0 Å². The first kappa shape index (κ1) is 15.3. The van der Waals surface area contributed by atoms with Gasteiger partial charge >= 0.3 is 0 Å². The summed E-state index contributed by atoms with van der Waals surface area (Å²) in [6.45, 7) is 2.05. The highest BCUT2D eigenvalue weighted by Gasteiger charge is 2.24. The number of carbonyl (C=O) groups excluding carboxylic acids is 1. The van der Waals surface area contributed by atoms with Crippen LogP contribution >= 0.6 is 11.8 Å². The van der Waals surface area contributed by atoms with E-state index in [-0.39, 0.29) is 12.5 Å². The molecule has 0 aliphatic carbocycles. The van der Waals surface area contributed by atoms with Crippen molar-refractivity contribution in [2.45, 2.75) is 18.2 Å². The van der Waals surface area contributed by atoms with Gasteiger partial charge in [-0.3, -0.25) is 4.79 Å². The van der Waals surface area contributed by atoms with Crippen molar-refractivity contribution in [3.8, 4) is 11.5 Å². The van der Waals surface area contributed by atoms with Gasteiger partial charge in [-0.25, -0.2) is 9.67 Å². The van der Waals surface area contributed by atoms with Crippen LogP contribution in [0.4, 0.5) is 0 Å². The number of hydrogen-bond donors (Lipinski definition) is 0. The third-order valence-corrected chi connectivity index (χ3v) is 5.55. The molecule has 0 bridgehead atoms. The van der Waals surface area contributed by atoms with Gasteiger partial charge in [-0.2, -0.15) is 16.9 Å². The number of carbonyl (C=O) groups is 1. The molecule has 3 heterocycles. The summed E-state index contributed by atoms with van der Waals surface area (Å²) in [4.78, 5) is 18.2. The highest BCUT2D eigenvalue weighted by molar-refractivity contribution is 7.99. The Labute approximate surface area is 143 Å². The predicted molar refractivity (Wildman–Crippen MR) is 89.0 cm³/mol. The van der Waals surface area contributed by atoms with Gasteiger partial charge in [0.25, 0.3) is 0 Å². The van der Waals surface area contributed by atoms with Crippen molar-refractivity contribution < 1.29 is 14.3 Å². The van der Waals surface area contributed by atoms with Gasteiger partial charge in [-0.05, 0) is 24.1 Å². The molecule has 1 saturated heterocycles. The number of fused-ring (bicyclic) bond motifs is 1. The first-order chi connectivity index (χ1) is 11.8. The Hall–Kier alpha value is -2.22. The van der Waals surface area contributed by atoms with Crippen LogP contribution in [-0.2, 0) is 11.3 Å². The van der Waals surface area contributed by atoms with Gasteiger partial charge in [0, 0.05) is 24.1 Å². The normalized spacial score (nSPS) is 20.0. The monoisotopic (exact) mass is 346 g/mol. The lowest BCUT2D eigenvalue weighted by molar-refractivity contribution is -0.131. The average molecular weight is 346 g/mol. The van der Waals surface area contributed by atoms with Crippen LogP contribution in [0.15, 0.2) is 30.9 Å². The molecule has 1 fully saturated rings. The molecule has 1 aromatic heterocycles. The zero-order valence-corrected chi connectivity index (χ0v) is 13.9. The van der Waals surface area contributed by atoms with E-state index in [9.17, 15) is 4.79 Å². The molecule has 1 atom stereocenters. The number of thioether (sulfide) groups is 1. The van der Waals surface area contributed by atoms with Gasteiger partial charge < -0.3 is 14.4 Å². The molecule has 7 nitrogen and oxygen atoms in total. The van der Waals surface area contributed by atoms with Crippen LogP contribution in [0.5, 0.6) is 11.5 Å². The highest BCUT2D eigenvalue weighted by Crippen LogP contribution is 2.40. The van der Waals surface area contributed by atoms with Gasteiger partial charge in [0.15, 0.2) is 11.5 Å². The minimum Gasteiger partial charge on any atom is -0.454 e. The quantitative estimate of drug-likeness (QED) is 0.843. The molecule has 2 aliphatic rings. The summed E-state index contributed by atoms with van der Waals surface area (Å²) in [6, 6.07) is 6.13. The van der Waals surface area contributed by atoms with Gasteiger partial charge in [0.05, 0.1) is 0 Å². The fourth-order valence-electron chi connectivity index (χ4n) is 2.95. The predicted octanol–water partition coefficient (Wildman–Crippen LogP) is 1.71. The third-order valence-electron chi connectivity index (χ3n) is 4.23. The summed E-state index contributed by atoms with van der Waals surface area (Å²) in [6.07, 6.45) is 3.94. The summed E-state index contributed by atoms with van der Waals surface area (Å²) >= 11 is 1.89. The van der Waals surface area contributed by atoms with Crippen LogP contribution < -0.4 is 9.47 Å². The zero-order chi connectivity index (χ0) is 16.4. The number of nitrogens with zero attached hydrogens (tertiary/aromatic N) is 4. The molecule has 0 radical (unpaired) electrons. The number of hydrogen-bond acceptors (Lipinski definition) is 6. The number of aromatic nitrogens is 3. The largest absolute Gasteiger partial charge is 0.454 e. The summed E-state index contributed by atoms with van der Waals surface area (Å²) < 4.78 is 12.4. The molecule has 1 amide bonds. The number of rotatable bonds is 3. The van der Waals surface area contributed by atoms with Gasteiger partial charge in [0.1, 0.15) is 19.2 Å².